The Labute approximate surface area is 151 Å². The van der Waals surface area contributed by atoms with Crippen molar-refractivity contribution in [1.29, 1.82) is 0 Å². The molecule has 0 saturated heterocycles. The number of thioether (sulfide) groups is 1. The van der Waals surface area contributed by atoms with Gasteiger partial charge in [0.1, 0.15) is 5.56 Å². The van der Waals surface area contributed by atoms with E-state index >= 15 is 0 Å². The van der Waals surface area contributed by atoms with Gasteiger partial charge in [0.05, 0.1) is 0 Å². The van der Waals surface area contributed by atoms with Gasteiger partial charge < -0.3 is 9.47 Å². The van der Waals surface area contributed by atoms with E-state index in [-0.39, 0.29) is 23.1 Å². The van der Waals surface area contributed by atoms with Crippen molar-refractivity contribution < 1.29 is 4.79 Å². The monoisotopic (exact) mass is 364 g/mol. The first-order valence-corrected chi connectivity index (χ1v) is 9.10. The van der Waals surface area contributed by atoms with E-state index < -0.39 is 5.91 Å². The molecule has 1 amide bonds. The number of hydrogen-bond acceptors (Lipinski definition) is 6. The number of likely N-dealkylation sites (N-methyl/N-ethyl adjacent to an activating group) is 1. The number of carbonyl (C=O) groups is 1. The van der Waals surface area contributed by atoms with Gasteiger partial charge in [0.2, 0.25) is 5.95 Å². The van der Waals surface area contributed by atoms with Gasteiger partial charge in [-0.1, -0.05) is 11.8 Å². The van der Waals surface area contributed by atoms with Crippen LogP contribution in [-0.4, -0.2) is 57.0 Å². The van der Waals surface area contributed by atoms with E-state index in [9.17, 15) is 9.59 Å². The van der Waals surface area contributed by atoms with Crippen LogP contribution >= 0.6 is 11.8 Å². The van der Waals surface area contributed by atoms with Crippen molar-refractivity contribution in [1.82, 2.24) is 24.2 Å². The molecule has 2 aromatic heterocycles. The Morgan fingerprint density at radius 1 is 1.44 bits per heavy atom. The SMILES string of the molecule is CSc1nc(NC(=O)c2c(C)ccn(C(C)CN(C)C)c2=O)nn1C. The number of aryl methyl sites for hydroxylation is 2. The summed E-state index contributed by atoms with van der Waals surface area (Å²) in [6, 6.07) is 1.73. The second-order valence-electron chi connectivity index (χ2n) is 6.20. The van der Waals surface area contributed by atoms with Crippen LogP contribution in [0.15, 0.2) is 22.2 Å². The zero-order valence-corrected chi connectivity index (χ0v) is 16.2. The molecule has 0 saturated carbocycles. The highest BCUT2D eigenvalue weighted by Gasteiger charge is 2.20. The summed E-state index contributed by atoms with van der Waals surface area (Å²) in [6.07, 6.45) is 3.61. The molecule has 0 aromatic carbocycles. The molecular weight excluding hydrogens is 340 g/mol. The third-order valence-electron chi connectivity index (χ3n) is 3.79. The van der Waals surface area contributed by atoms with Crippen molar-refractivity contribution >= 4 is 23.6 Å². The van der Waals surface area contributed by atoms with E-state index in [0.717, 1.165) is 0 Å². The van der Waals surface area contributed by atoms with Crippen LogP contribution in [0.1, 0.15) is 28.9 Å². The smallest absolute Gasteiger partial charge is 0.263 e. The van der Waals surface area contributed by atoms with Crippen molar-refractivity contribution in [2.24, 2.45) is 7.05 Å². The van der Waals surface area contributed by atoms with Gasteiger partial charge in [-0.15, -0.1) is 5.10 Å². The van der Waals surface area contributed by atoms with Crippen LogP contribution < -0.4 is 10.9 Å². The van der Waals surface area contributed by atoms with Crippen LogP contribution in [0.2, 0.25) is 0 Å². The standard InChI is InChI=1S/C16H24N6O2S/c1-10-7-8-22(11(2)9-20(3)4)14(24)12(10)13(23)17-15-18-16(25-6)21(5)19-15/h7-8,11H,9H2,1-6H3,(H,17,19,23). The summed E-state index contributed by atoms with van der Waals surface area (Å²) in [5.41, 5.74) is 0.427. The lowest BCUT2D eigenvalue weighted by Gasteiger charge is -2.20. The number of pyridine rings is 1. The molecule has 2 rings (SSSR count). The molecule has 2 heterocycles. The zero-order valence-electron chi connectivity index (χ0n) is 15.4. The van der Waals surface area contributed by atoms with Crippen molar-refractivity contribution in [3.63, 3.8) is 0 Å². The molecule has 136 valence electrons. The van der Waals surface area contributed by atoms with Crippen LogP contribution in [0.3, 0.4) is 0 Å². The Balaban J connectivity index is 2.33. The van der Waals surface area contributed by atoms with E-state index in [1.54, 1.807) is 35.5 Å². The van der Waals surface area contributed by atoms with Crippen LogP contribution in [0.4, 0.5) is 5.95 Å². The molecular formula is C16H24N6O2S. The van der Waals surface area contributed by atoms with Gasteiger partial charge >= 0.3 is 0 Å². The average molecular weight is 364 g/mol. The van der Waals surface area contributed by atoms with E-state index in [0.29, 0.717) is 17.3 Å². The van der Waals surface area contributed by atoms with Crippen LogP contribution in [-0.2, 0) is 7.05 Å². The zero-order chi connectivity index (χ0) is 18.7. The molecule has 0 fully saturated rings. The largest absolute Gasteiger partial charge is 0.311 e. The number of rotatable bonds is 6. The number of aromatic nitrogens is 4. The van der Waals surface area contributed by atoms with Gasteiger partial charge in [-0.05, 0) is 45.8 Å². The molecule has 8 nitrogen and oxygen atoms in total. The molecule has 0 aliphatic carbocycles. The summed E-state index contributed by atoms with van der Waals surface area (Å²) < 4.78 is 3.16. The van der Waals surface area contributed by atoms with Crippen molar-refractivity contribution in [2.75, 3.05) is 32.2 Å². The molecule has 0 bridgehead atoms. The molecule has 1 atom stereocenters. The van der Waals surface area contributed by atoms with Crippen molar-refractivity contribution in [3.05, 3.63) is 33.7 Å². The normalized spacial score (nSPS) is 12.4. The number of anilines is 1. The Morgan fingerprint density at radius 3 is 2.68 bits per heavy atom. The second-order valence-corrected chi connectivity index (χ2v) is 6.97. The van der Waals surface area contributed by atoms with Gasteiger partial charge in [-0.2, -0.15) is 4.98 Å². The molecule has 9 heteroatoms. The fourth-order valence-corrected chi connectivity index (χ4v) is 3.13. The van der Waals surface area contributed by atoms with Crippen LogP contribution in [0, 0.1) is 6.92 Å². The molecule has 0 aliphatic heterocycles. The summed E-state index contributed by atoms with van der Waals surface area (Å²) in [7, 11) is 5.64. The molecule has 0 radical (unpaired) electrons. The second kappa shape index (κ2) is 7.83. The third-order valence-corrected chi connectivity index (χ3v) is 4.51. The first-order valence-electron chi connectivity index (χ1n) is 7.87. The Kier molecular flexibility index (Phi) is 6.02. The maximum atomic E-state index is 12.8. The minimum atomic E-state index is -0.493. The molecule has 1 unspecified atom stereocenters. The molecule has 2 aromatic rings. The fraction of sp³-hybridized carbons (Fsp3) is 0.500. The van der Waals surface area contributed by atoms with E-state index in [1.165, 1.54) is 11.8 Å². The molecule has 0 aliphatic rings. The highest BCUT2D eigenvalue weighted by molar-refractivity contribution is 7.98. The number of carbonyl (C=O) groups excluding carboxylic acids is 1. The summed E-state index contributed by atoms with van der Waals surface area (Å²) in [6.45, 7) is 4.39. The number of amides is 1. The first-order chi connectivity index (χ1) is 11.7. The van der Waals surface area contributed by atoms with Gasteiger partial charge in [-0.25, -0.2) is 4.68 Å². The van der Waals surface area contributed by atoms with Gasteiger partial charge in [0.25, 0.3) is 11.5 Å². The lowest BCUT2D eigenvalue weighted by atomic mass is 10.1. The number of hydrogen-bond donors (Lipinski definition) is 1. The summed E-state index contributed by atoms with van der Waals surface area (Å²) in [5, 5.41) is 7.44. The van der Waals surface area contributed by atoms with Crippen molar-refractivity contribution in [2.45, 2.75) is 25.0 Å². The Hall–Kier alpha value is -2.13. The fourth-order valence-electron chi connectivity index (χ4n) is 2.65. The molecule has 25 heavy (non-hydrogen) atoms. The minimum absolute atomic E-state index is 0.0503. The lowest BCUT2D eigenvalue weighted by molar-refractivity contribution is 0.102. The van der Waals surface area contributed by atoms with E-state index in [2.05, 4.69) is 15.4 Å². The average Bonchev–Trinajstić information content (AvgIpc) is 2.86. The van der Waals surface area contributed by atoms with Gasteiger partial charge in [0.15, 0.2) is 5.16 Å². The first kappa shape index (κ1) is 19.2. The predicted molar refractivity (Wildman–Crippen MR) is 99.4 cm³/mol. The van der Waals surface area contributed by atoms with E-state index in [1.807, 2.05) is 32.2 Å². The maximum Gasteiger partial charge on any atom is 0.263 e. The highest BCUT2D eigenvalue weighted by Crippen LogP contribution is 2.14. The predicted octanol–water partition coefficient (Wildman–Crippen LogP) is 1.38. The van der Waals surface area contributed by atoms with Crippen molar-refractivity contribution in [3.8, 4) is 0 Å². The Morgan fingerprint density at radius 2 is 2.12 bits per heavy atom. The van der Waals surface area contributed by atoms with Crippen LogP contribution in [0.5, 0.6) is 0 Å². The van der Waals surface area contributed by atoms with Gasteiger partial charge in [0, 0.05) is 25.8 Å². The summed E-state index contributed by atoms with van der Waals surface area (Å²) in [5.74, 6) is -0.306. The quantitative estimate of drug-likeness (QED) is 0.780. The summed E-state index contributed by atoms with van der Waals surface area (Å²) in [4.78, 5) is 31.7. The molecule has 0 spiro atoms. The lowest BCUT2D eigenvalue weighted by Crippen LogP contribution is -2.35. The van der Waals surface area contributed by atoms with Crippen LogP contribution in [0.25, 0.3) is 0 Å². The topological polar surface area (TPSA) is 85.1 Å². The van der Waals surface area contributed by atoms with Gasteiger partial charge in [-0.3, -0.25) is 14.9 Å². The maximum absolute atomic E-state index is 12.8. The Bertz CT molecular complexity index is 827. The number of nitrogens with zero attached hydrogens (tertiary/aromatic N) is 5. The summed E-state index contributed by atoms with van der Waals surface area (Å²) >= 11 is 1.43. The minimum Gasteiger partial charge on any atom is -0.311 e. The molecule has 1 N–H and O–H groups in total. The highest BCUT2D eigenvalue weighted by atomic mass is 32.2. The number of nitrogens with one attached hydrogen (secondary N) is 1. The van der Waals surface area contributed by atoms with E-state index in [4.69, 9.17) is 0 Å². The third kappa shape index (κ3) is 4.29.